The number of nitrogens with one attached hydrogen (secondary N) is 1. The minimum atomic E-state index is 0.0436. The minimum Gasteiger partial charge on any atom is -0.336 e. The summed E-state index contributed by atoms with van der Waals surface area (Å²) in [7, 11) is 0. The summed E-state index contributed by atoms with van der Waals surface area (Å²) in [6.07, 6.45) is 1.13. The van der Waals surface area contributed by atoms with Gasteiger partial charge >= 0.3 is 0 Å². The van der Waals surface area contributed by atoms with E-state index in [-0.39, 0.29) is 22.9 Å². The molecule has 2 fully saturated rings. The third-order valence-corrected chi connectivity index (χ3v) is 3.73. The number of carbonyl (C=O) groups is 1. The second-order valence-electron chi connectivity index (χ2n) is 5.85. The van der Waals surface area contributed by atoms with Crippen molar-refractivity contribution in [1.82, 2.24) is 10.2 Å². The maximum absolute atomic E-state index is 12.1. The lowest BCUT2D eigenvalue weighted by Gasteiger charge is -2.54. The Labute approximate surface area is 85.8 Å². The Kier molecular flexibility index (Phi) is 1.94. The fraction of sp³-hybridized carbons (Fsp3) is 0.909. The molecule has 1 N–H and O–H groups in total. The van der Waals surface area contributed by atoms with E-state index in [1.165, 1.54) is 0 Å². The van der Waals surface area contributed by atoms with Gasteiger partial charge < -0.3 is 10.2 Å². The normalized spacial score (nSPS) is 33.1. The Morgan fingerprint density at radius 1 is 1.36 bits per heavy atom. The molecule has 0 aromatic carbocycles. The zero-order chi connectivity index (χ0) is 10.6. The highest BCUT2D eigenvalue weighted by Gasteiger charge is 2.49. The predicted octanol–water partition coefficient (Wildman–Crippen LogP) is 0.995. The van der Waals surface area contributed by atoms with Crippen LogP contribution in [0.5, 0.6) is 0 Å². The van der Waals surface area contributed by atoms with Crippen molar-refractivity contribution in [2.75, 3.05) is 13.1 Å². The first-order valence-corrected chi connectivity index (χ1v) is 5.39. The van der Waals surface area contributed by atoms with E-state index in [1.807, 2.05) is 4.90 Å². The van der Waals surface area contributed by atoms with Crippen molar-refractivity contribution in [3.05, 3.63) is 0 Å². The molecule has 0 bridgehead atoms. The van der Waals surface area contributed by atoms with Crippen LogP contribution in [0, 0.1) is 5.41 Å². The van der Waals surface area contributed by atoms with Crippen molar-refractivity contribution >= 4 is 5.91 Å². The topological polar surface area (TPSA) is 32.3 Å². The molecule has 0 saturated carbocycles. The van der Waals surface area contributed by atoms with Gasteiger partial charge in [-0.2, -0.15) is 0 Å². The van der Waals surface area contributed by atoms with E-state index in [0.717, 1.165) is 19.5 Å². The zero-order valence-electron chi connectivity index (χ0n) is 9.55. The Bertz CT molecular complexity index is 244. The summed E-state index contributed by atoms with van der Waals surface area (Å²) < 4.78 is 0. The molecule has 1 atom stereocenters. The van der Waals surface area contributed by atoms with Crippen molar-refractivity contribution in [2.45, 2.75) is 45.7 Å². The zero-order valence-corrected chi connectivity index (χ0v) is 9.55. The summed E-state index contributed by atoms with van der Waals surface area (Å²) in [6.45, 7) is 10.5. The number of amides is 1. The molecule has 0 aliphatic carbocycles. The summed E-state index contributed by atoms with van der Waals surface area (Å²) in [5.41, 5.74) is 0.229. The molecular formula is C11H20N2O. The van der Waals surface area contributed by atoms with Gasteiger partial charge in [0.05, 0.1) is 6.04 Å². The molecular weight excluding hydrogens is 176 g/mol. The average molecular weight is 196 g/mol. The van der Waals surface area contributed by atoms with E-state index >= 15 is 0 Å². The van der Waals surface area contributed by atoms with Crippen LogP contribution >= 0.6 is 0 Å². The summed E-state index contributed by atoms with van der Waals surface area (Å²) in [5, 5.41) is 3.23. The van der Waals surface area contributed by atoms with Crippen LogP contribution in [-0.2, 0) is 4.79 Å². The molecule has 2 saturated heterocycles. The first-order valence-electron chi connectivity index (χ1n) is 5.39. The molecule has 80 valence electrons. The Balaban J connectivity index is 2.03. The van der Waals surface area contributed by atoms with Gasteiger partial charge in [0, 0.05) is 24.0 Å². The van der Waals surface area contributed by atoms with Crippen LogP contribution in [0.15, 0.2) is 0 Å². The van der Waals surface area contributed by atoms with E-state index in [9.17, 15) is 4.79 Å². The van der Waals surface area contributed by atoms with Crippen LogP contribution in [0.25, 0.3) is 0 Å². The van der Waals surface area contributed by atoms with Crippen LogP contribution in [-0.4, -0.2) is 35.5 Å². The molecule has 2 rings (SSSR count). The highest BCUT2D eigenvalue weighted by Crippen LogP contribution is 2.35. The lowest BCUT2D eigenvalue weighted by atomic mass is 9.75. The van der Waals surface area contributed by atoms with E-state index < -0.39 is 0 Å². The van der Waals surface area contributed by atoms with Crippen LogP contribution in [0.3, 0.4) is 0 Å². The van der Waals surface area contributed by atoms with Gasteiger partial charge in [0.25, 0.3) is 0 Å². The van der Waals surface area contributed by atoms with Crippen molar-refractivity contribution in [3.63, 3.8) is 0 Å². The molecule has 0 aromatic heterocycles. The van der Waals surface area contributed by atoms with E-state index in [2.05, 4.69) is 33.0 Å². The summed E-state index contributed by atoms with van der Waals surface area (Å²) >= 11 is 0. The number of likely N-dealkylation sites (tertiary alicyclic amines) is 1. The first-order chi connectivity index (χ1) is 6.34. The molecule has 2 heterocycles. The second kappa shape index (κ2) is 2.72. The fourth-order valence-corrected chi connectivity index (χ4v) is 2.27. The molecule has 3 heteroatoms. The van der Waals surface area contributed by atoms with Gasteiger partial charge in [-0.1, -0.05) is 13.8 Å². The number of carbonyl (C=O) groups excluding carboxylic acids is 1. The molecule has 0 aromatic rings. The smallest absolute Gasteiger partial charge is 0.240 e. The number of hydrogen-bond donors (Lipinski definition) is 1. The SMILES string of the molecule is CC1(C)CNC1C(=O)N1CCC1(C)C. The van der Waals surface area contributed by atoms with Gasteiger partial charge in [-0.3, -0.25) is 4.79 Å². The van der Waals surface area contributed by atoms with Gasteiger partial charge in [0.2, 0.25) is 5.91 Å². The molecule has 2 aliphatic rings. The number of hydrogen-bond acceptors (Lipinski definition) is 2. The van der Waals surface area contributed by atoms with Crippen LogP contribution in [0.1, 0.15) is 34.1 Å². The highest BCUT2D eigenvalue weighted by atomic mass is 16.2. The third kappa shape index (κ3) is 1.26. The number of nitrogens with zero attached hydrogens (tertiary/aromatic N) is 1. The lowest BCUT2D eigenvalue weighted by molar-refractivity contribution is -0.154. The molecule has 1 amide bonds. The molecule has 1 unspecified atom stereocenters. The summed E-state index contributed by atoms with van der Waals surface area (Å²) in [4.78, 5) is 14.1. The van der Waals surface area contributed by atoms with Crippen LogP contribution in [0.4, 0.5) is 0 Å². The van der Waals surface area contributed by atoms with Crippen molar-refractivity contribution in [2.24, 2.45) is 5.41 Å². The quantitative estimate of drug-likeness (QED) is 0.678. The maximum atomic E-state index is 12.1. The van der Waals surface area contributed by atoms with E-state index in [0.29, 0.717) is 0 Å². The summed E-state index contributed by atoms with van der Waals surface area (Å²) in [5.74, 6) is 0.289. The van der Waals surface area contributed by atoms with Gasteiger partial charge in [-0.15, -0.1) is 0 Å². The van der Waals surface area contributed by atoms with Crippen LogP contribution in [0.2, 0.25) is 0 Å². The maximum Gasteiger partial charge on any atom is 0.240 e. The fourth-order valence-electron chi connectivity index (χ4n) is 2.27. The predicted molar refractivity (Wildman–Crippen MR) is 56.0 cm³/mol. The van der Waals surface area contributed by atoms with Crippen molar-refractivity contribution in [3.8, 4) is 0 Å². The monoisotopic (exact) mass is 196 g/mol. The van der Waals surface area contributed by atoms with Gasteiger partial charge in [0.15, 0.2) is 0 Å². The number of rotatable bonds is 1. The Morgan fingerprint density at radius 2 is 2.00 bits per heavy atom. The molecule has 0 radical (unpaired) electrons. The lowest BCUT2D eigenvalue weighted by Crippen LogP contribution is -2.71. The minimum absolute atomic E-state index is 0.0436. The Hall–Kier alpha value is -0.570. The van der Waals surface area contributed by atoms with E-state index in [4.69, 9.17) is 0 Å². The van der Waals surface area contributed by atoms with Crippen molar-refractivity contribution < 1.29 is 4.79 Å². The van der Waals surface area contributed by atoms with Gasteiger partial charge in [0.1, 0.15) is 0 Å². The van der Waals surface area contributed by atoms with Crippen LogP contribution < -0.4 is 5.32 Å². The highest BCUT2D eigenvalue weighted by molar-refractivity contribution is 5.85. The molecule has 3 nitrogen and oxygen atoms in total. The first kappa shape index (κ1) is 9.97. The molecule has 14 heavy (non-hydrogen) atoms. The van der Waals surface area contributed by atoms with Gasteiger partial charge in [-0.25, -0.2) is 0 Å². The average Bonchev–Trinajstić information content (AvgIpc) is 2.00. The Morgan fingerprint density at radius 3 is 2.21 bits per heavy atom. The van der Waals surface area contributed by atoms with Gasteiger partial charge in [-0.05, 0) is 20.3 Å². The molecule has 0 spiro atoms. The second-order valence-corrected chi connectivity index (χ2v) is 5.85. The van der Waals surface area contributed by atoms with Crippen molar-refractivity contribution in [1.29, 1.82) is 0 Å². The molecule has 2 aliphatic heterocycles. The summed E-state index contributed by atoms with van der Waals surface area (Å²) in [6, 6.07) is 0.0436. The van der Waals surface area contributed by atoms with E-state index in [1.54, 1.807) is 0 Å². The largest absolute Gasteiger partial charge is 0.336 e. The standard InChI is InChI=1S/C11H20N2O/c1-10(2)7-12-8(10)9(14)13-6-5-11(13,3)4/h8,12H,5-7H2,1-4H3. The third-order valence-electron chi connectivity index (χ3n) is 3.73.